The molecule has 1 aliphatic carbocycles. The van der Waals surface area contributed by atoms with Crippen LogP contribution in [0.2, 0.25) is 0 Å². The van der Waals surface area contributed by atoms with Gasteiger partial charge in [0.1, 0.15) is 5.82 Å². The number of halogens is 1. The van der Waals surface area contributed by atoms with Crippen LogP contribution in [0.5, 0.6) is 0 Å². The summed E-state index contributed by atoms with van der Waals surface area (Å²) in [7, 11) is 0. The van der Waals surface area contributed by atoms with Gasteiger partial charge < -0.3 is 15.0 Å². The molecule has 2 aliphatic heterocycles. The van der Waals surface area contributed by atoms with Crippen LogP contribution in [-0.2, 0) is 14.3 Å². The van der Waals surface area contributed by atoms with Crippen LogP contribution in [0.25, 0.3) is 0 Å². The third kappa shape index (κ3) is 5.31. The van der Waals surface area contributed by atoms with E-state index in [9.17, 15) is 18.8 Å². The molecule has 4 rings (SSSR count). The molecule has 1 saturated heterocycles. The topological polar surface area (TPSA) is 82.2 Å². The fourth-order valence-corrected chi connectivity index (χ4v) is 5.19. The lowest BCUT2D eigenvalue weighted by atomic mass is 9.84. The molecule has 36 heavy (non-hydrogen) atoms. The van der Waals surface area contributed by atoms with Gasteiger partial charge in [0.2, 0.25) is 5.91 Å². The number of ether oxygens (including phenoxy) is 1. The first-order chi connectivity index (χ1) is 17.3. The van der Waals surface area contributed by atoms with Crippen molar-refractivity contribution in [1.29, 1.82) is 0 Å². The van der Waals surface area contributed by atoms with Crippen molar-refractivity contribution in [2.45, 2.75) is 45.2 Å². The second-order valence-corrected chi connectivity index (χ2v) is 9.66. The predicted molar refractivity (Wildman–Crippen MR) is 133 cm³/mol. The Bertz CT molecular complexity index is 1050. The SMILES string of the molecule is C=CCN1C(=O)NC(c2cccc(F)c2)C(C(=O)OCC)=C1CN1CCN(C(=O)C2CCC2)C(C)C1. The molecule has 1 saturated carbocycles. The number of piperazine rings is 1. The van der Waals surface area contributed by atoms with Crippen molar-refractivity contribution in [3.05, 3.63) is 59.6 Å². The van der Waals surface area contributed by atoms with E-state index in [1.54, 1.807) is 25.1 Å². The van der Waals surface area contributed by atoms with E-state index >= 15 is 0 Å². The van der Waals surface area contributed by atoms with Crippen LogP contribution in [0, 0.1) is 11.7 Å². The normalized spacial score (nSPS) is 23.2. The molecule has 0 bridgehead atoms. The molecule has 3 amide bonds. The molecule has 194 valence electrons. The summed E-state index contributed by atoms with van der Waals surface area (Å²) in [4.78, 5) is 44.9. The molecule has 1 aromatic rings. The summed E-state index contributed by atoms with van der Waals surface area (Å²) in [6.07, 6.45) is 4.65. The Labute approximate surface area is 211 Å². The lowest BCUT2D eigenvalue weighted by Crippen LogP contribution is -2.57. The molecule has 0 spiro atoms. The minimum atomic E-state index is -0.845. The van der Waals surface area contributed by atoms with E-state index in [1.165, 1.54) is 17.0 Å². The van der Waals surface area contributed by atoms with Crippen LogP contribution in [0.4, 0.5) is 9.18 Å². The quantitative estimate of drug-likeness (QED) is 0.440. The lowest BCUT2D eigenvalue weighted by Gasteiger charge is -2.44. The number of nitrogens with one attached hydrogen (secondary N) is 1. The number of amides is 3. The largest absolute Gasteiger partial charge is 0.463 e. The summed E-state index contributed by atoms with van der Waals surface area (Å²) < 4.78 is 19.5. The Kier molecular flexibility index (Phi) is 8.08. The van der Waals surface area contributed by atoms with Crippen LogP contribution >= 0.6 is 0 Å². The van der Waals surface area contributed by atoms with Gasteiger partial charge in [-0.3, -0.25) is 14.6 Å². The Morgan fingerprint density at radius 3 is 2.67 bits per heavy atom. The van der Waals surface area contributed by atoms with Gasteiger partial charge in [-0.25, -0.2) is 14.0 Å². The molecular weight excluding hydrogens is 463 g/mol. The Hall–Kier alpha value is -3.20. The summed E-state index contributed by atoms with van der Waals surface area (Å²) in [5.41, 5.74) is 1.26. The lowest BCUT2D eigenvalue weighted by molar-refractivity contribution is -0.142. The Balaban J connectivity index is 1.66. The Morgan fingerprint density at radius 1 is 1.28 bits per heavy atom. The number of urea groups is 1. The highest BCUT2D eigenvalue weighted by molar-refractivity contribution is 5.95. The molecule has 0 radical (unpaired) electrons. The second kappa shape index (κ2) is 11.2. The van der Waals surface area contributed by atoms with Crippen molar-refractivity contribution in [1.82, 2.24) is 20.0 Å². The second-order valence-electron chi connectivity index (χ2n) is 9.66. The zero-order chi connectivity index (χ0) is 25.8. The van der Waals surface area contributed by atoms with Crippen LogP contribution < -0.4 is 5.32 Å². The smallest absolute Gasteiger partial charge is 0.338 e. The molecule has 1 aromatic carbocycles. The molecule has 1 N–H and O–H groups in total. The van der Waals surface area contributed by atoms with E-state index in [0.717, 1.165) is 19.3 Å². The maximum absolute atomic E-state index is 14.1. The minimum Gasteiger partial charge on any atom is -0.463 e. The molecular formula is C27H35FN4O4. The fraction of sp³-hybridized carbons (Fsp3) is 0.519. The van der Waals surface area contributed by atoms with Crippen molar-refractivity contribution < 1.29 is 23.5 Å². The maximum Gasteiger partial charge on any atom is 0.338 e. The van der Waals surface area contributed by atoms with Crippen molar-refractivity contribution in [2.24, 2.45) is 5.92 Å². The molecule has 2 heterocycles. The van der Waals surface area contributed by atoms with Gasteiger partial charge in [0.25, 0.3) is 0 Å². The summed E-state index contributed by atoms with van der Waals surface area (Å²) in [6, 6.07) is 4.65. The van der Waals surface area contributed by atoms with Crippen LogP contribution in [0.15, 0.2) is 48.2 Å². The third-order valence-electron chi connectivity index (χ3n) is 7.25. The third-order valence-corrected chi connectivity index (χ3v) is 7.25. The highest BCUT2D eigenvalue weighted by Crippen LogP contribution is 2.33. The summed E-state index contributed by atoms with van der Waals surface area (Å²) in [5.74, 6) is -0.630. The van der Waals surface area contributed by atoms with E-state index in [1.807, 2.05) is 11.8 Å². The molecule has 0 aromatic heterocycles. The molecule has 3 aliphatic rings. The van der Waals surface area contributed by atoms with Gasteiger partial charge in [0.05, 0.1) is 18.2 Å². The average molecular weight is 499 g/mol. The number of nitrogens with zero attached hydrogens (tertiary/aromatic N) is 3. The van der Waals surface area contributed by atoms with Gasteiger partial charge in [-0.05, 0) is 44.4 Å². The highest BCUT2D eigenvalue weighted by atomic mass is 19.1. The van der Waals surface area contributed by atoms with Gasteiger partial charge in [0, 0.05) is 50.4 Å². The van der Waals surface area contributed by atoms with Gasteiger partial charge in [-0.15, -0.1) is 6.58 Å². The zero-order valence-electron chi connectivity index (χ0n) is 21.0. The van der Waals surface area contributed by atoms with Gasteiger partial charge in [0.15, 0.2) is 0 Å². The van der Waals surface area contributed by atoms with Crippen LogP contribution in [-0.4, -0.2) is 78.0 Å². The van der Waals surface area contributed by atoms with Gasteiger partial charge in [-0.1, -0.05) is 24.6 Å². The van der Waals surface area contributed by atoms with E-state index in [4.69, 9.17) is 4.74 Å². The van der Waals surface area contributed by atoms with Gasteiger partial charge >= 0.3 is 12.0 Å². The molecule has 2 unspecified atom stereocenters. The van der Waals surface area contributed by atoms with E-state index in [-0.39, 0.29) is 42.6 Å². The van der Waals surface area contributed by atoms with E-state index in [0.29, 0.717) is 37.4 Å². The molecule has 8 nitrogen and oxygen atoms in total. The summed E-state index contributed by atoms with van der Waals surface area (Å²) in [6.45, 7) is 10.0. The summed E-state index contributed by atoms with van der Waals surface area (Å²) >= 11 is 0. The maximum atomic E-state index is 14.1. The molecule has 2 atom stereocenters. The van der Waals surface area contributed by atoms with Crippen molar-refractivity contribution >= 4 is 17.9 Å². The zero-order valence-corrected chi connectivity index (χ0v) is 21.0. The van der Waals surface area contributed by atoms with Crippen LogP contribution in [0.1, 0.15) is 44.7 Å². The van der Waals surface area contributed by atoms with Crippen molar-refractivity contribution in [2.75, 3.05) is 39.3 Å². The minimum absolute atomic E-state index is 0.0165. The van der Waals surface area contributed by atoms with E-state index < -0.39 is 17.8 Å². The summed E-state index contributed by atoms with van der Waals surface area (Å²) in [5, 5.41) is 2.85. The molecule has 2 fully saturated rings. The van der Waals surface area contributed by atoms with Crippen molar-refractivity contribution in [3.8, 4) is 0 Å². The Morgan fingerprint density at radius 2 is 2.06 bits per heavy atom. The first kappa shape index (κ1) is 25.9. The number of carbonyl (C=O) groups excluding carboxylic acids is 3. The highest BCUT2D eigenvalue weighted by Gasteiger charge is 2.40. The fourth-order valence-electron chi connectivity index (χ4n) is 5.19. The number of benzene rings is 1. The van der Waals surface area contributed by atoms with Crippen LogP contribution in [0.3, 0.4) is 0 Å². The average Bonchev–Trinajstić information content (AvgIpc) is 2.80. The molecule has 9 heteroatoms. The standard InChI is InChI=1S/C27H35FN4O4/c1-4-12-32-22(17-30-13-14-31(18(3)16-30)25(33)19-8-6-9-19)23(26(34)36-5-2)24(29-27(32)35)20-10-7-11-21(28)15-20/h4,7,10-11,15,18-19,24H,1,5-6,8-9,12-14,16-17H2,2-3H3,(H,29,35). The number of esters is 1. The first-order valence-corrected chi connectivity index (χ1v) is 12.7. The van der Waals surface area contributed by atoms with Gasteiger partial charge in [-0.2, -0.15) is 0 Å². The number of carbonyl (C=O) groups is 3. The van der Waals surface area contributed by atoms with Crippen molar-refractivity contribution in [3.63, 3.8) is 0 Å². The number of hydrogen-bond acceptors (Lipinski definition) is 5. The first-order valence-electron chi connectivity index (χ1n) is 12.7. The number of hydrogen-bond donors (Lipinski definition) is 1. The van der Waals surface area contributed by atoms with E-state index in [2.05, 4.69) is 16.8 Å². The monoisotopic (exact) mass is 498 g/mol. The number of rotatable bonds is 8. The predicted octanol–water partition coefficient (Wildman–Crippen LogP) is 3.23.